The Hall–Kier alpha value is -0.980. The predicted octanol–water partition coefficient (Wildman–Crippen LogP) is 2.52. The lowest BCUT2D eigenvalue weighted by Gasteiger charge is -2.34. The van der Waals surface area contributed by atoms with Gasteiger partial charge in [-0.15, -0.1) is 11.3 Å². The number of cyclic esters (lactones) is 1. The molecule has 0 aromatic carbocycles. The van der Waals surface area contributed by atoms with Crippen LogP contribution in [0, 0.1) is 0 Å². The number of hydrogen-bond donors (Lipinski definition) is 0. The van der Waals surface area contributed by atoms with Crippen molar-refractivity contribution in [1.29, 1.82) is 0 Å². The Bertz CT molecular complexity index is 552. The molecule has 3 heterocycles. The van der Waals surface area contributed by atoms with E-state index in [0.717, 1.165) is 23.7 Å². The molecule has 1 aromatic rings. The van der Waals surface area contributed by atoms with E-state index in [2.05, 4.69) is 31.1 Å². The quantitative estimate of drug-likeness (QED) is 0.783. The van der Waals surface area contributed by atoms with Gasteiger partial charge in [0.1, 0.15) is 23.3 Å². The first-order chi connectivity index (χ1) is 10.3. The van der Waals surface area contributed by atoms with Gasteiger partial charge in [-0.2, -0.15) is 0 Å². The summed E-state index contributed by atoms with van der Waals surface area (Å²) >= 11 is 1.65. The van der Waals surface area contributed by atoms with Crippen LogP contribution in [0.5, 0.6) is 0 Å². The van der Waals surface area contributed by atoms with Crippen molar-refractivity contribution in [3.05, 3.63) is 16.1 Å². The monoisotopic (exact) mass is 324 g/mol. The molecular formula is C16H24N2O3S. The van der Waals surface area contributed by atoms with E-state index in [-0.39, 0.29) is 29.6 Å². The fraction of sp³-hybridized carbons (Fsp3) is 0.750. The van der Waals surface area contributed by atoms with Gasteiger partial charge in [-0.25, -0.2) is 4.98 Å². The van der Waals surface area contributed by atoms with Crippen molar-refractivity contribution in [3.8, 4) is 0 Å². The Morgan fingerprint density at radius 3 is 2.77 bits per heavy atom. The third-order valence-electron chi connectivity index (χ3n) is 4.25. The lowest BCUT2D eigenvalue weighted by Crippen LogP contribution is -2.46. The van der Waals surface area contributed by atoms with E-state index in [9.17, 15) is 4.79 Å². The molecule has 0 amide bonds. The summed E-state index contributed by atoms with van der Waals surface area (Å²) in [5, 5.41) is 3.12. The molecule has 0 spiro atoms. The highest BCUT2D eigenvalue weighted by atomic mass is 32.1. The van der Waals surface area contributed by atoms with Crippen LogP contribution in [-0.2, 0) is 19.7 Å². The lowest BCUT2D eigenvalue weighted by atomic mass is 9.93. The van der Waals surface area contributed by atoms with Crippen LogP contribution in [0.25, 0.3) is 0 Å². The SMILES string of the molecule is C[C@@H]1C[C@@H](N2CCO[C@@H](c3nc(C(C)(C)C)cs3)C2)C(=O)O1. The number of nitrogens with zero attached hydrogens (tertiary/aromatic N) is 2. The lowest BCUT2D eigenvalue weighted by molar-refractivity contribution is -0.147. The standard InChI is InChI=1S/C16H24N2O3S/c1-10-7-11(15(19)21-10)18-5-6-20-12(8-18)14-17-13(9-22-14)16(2,3)4/h9-12H,5-8H2,1-4H3/t10-,11-,12-/m1/s1. The van der Waals surface area contributed by atoms with Gasteiger partial charge in [0.15, 0.2) is 0 Å². The van der Waals surface area contributed by atoms with E-state index in [0.29, 0.717) is 13.2 Å². The molecule has 0 N–H and O–H groups in total. The third-order valence-corrected chi connectivity index (χ3v) is 5.19. The molecule has 2 aliphatic rings. The first-order valence-electron chi connectivity index (χ1n) is 7.86. The van der Waals surface area contributed by atoms with Crippen LogP contribution in [-0.4, -0.2) is 47.7 Å². The second kappa shape index (κ2) is 5.91. The van der Waals surface area contributed by atoms with Gasteiger partial charge in [0.05, 0.1) is 12.3 Å². The van der Waals surface area contributed by atoms with E-state index in [1.54, 1.807) is 11.3 Å². The van der Waals surface area contributed by atoms with Crippen LogP contribution < -0.4 is 0 Å². The average molecular weight is 324 g/mol. The summed E-state index contributed by atoms with van der Waals surface area (Å²) in [5.41, 5.74) is 1.15. The minimum Gasteiger partial charge on any atom is -0.461 e. The second-order valence-corrected chi connectivity index (χ2v) is 8.06. The smallest absolute Gasteiger partial charge is 0.323 e. The van der Waals surface area contributed by atoms with Gasteiger partial charge in [-0.05, 0) is 6.92 Å². The zero-order chi connectivity index (χ0) is 15.9. The molecular weight excluding hydrogens is 300 g/mol. The van der Waals surface area contributed by atoms with Gasteiger partial charge in [0.2, 0.25) is 0 Å². The molecule has 2 aliphatic heterocycles. The Kier molecular flexibility index (Phi) is 4.27. The maximum atomic E-state index is 11.9. The largest absolute Gasteiger partial charge is 0.461 e. The Labute approximate surface area is 135 Å². The molecule has 0 aliphatic carbocycles. The molecule has 22 heavy (non-hydrogen) atoms. The summed E-state index contributed by atoms with van der Waals surface area (Å²) in [6.07, 6.45) is 0.751. The number of esters is 1. The second-order valence-electron chi connectivity index (χ2n) is 7.17. The van der Waals surface area contributed by atoms with Gasteiger partial charge in [-0.3, -0.25) is 9.69 Å². The number of rotatable bonds is 2. The number of morpholine rings is 1. The minimum atomic E-state index is -0.122. The maximum Gasteiger partial charge on any atom is 0.323 e. The highest BCUT2D eigenvalue weighted by Gasteiger charge is 2.39. The molecule has 6 heteroatoms. The Balaban J connectivity index is 1.71. The number of thiazole rings is 1. The summed E-state index contributed by atoms with van der Waals surface area (Å²) in [4.78, 5) is 18.9. The highest BCUT2D eigenvalue weighted by molar-refractivity contribution is 7.09. The number of aromatic nitrogens is 1. The maximum absolute atomic E-state index is 11.9. The van der Waals surface area contributed by atoms with Crippen molar-refractivity contribution in [2.45, 2.75) is 57.8 Å². The normalized spacial score (nSPS) is 30.5. The Morgan fingerprint density at radius 1 is 1.41 bits per heavy atom. The van der Waals surface area contributed by atoms with Crippen LogP contribution in [0.3, 0.4) is 0 Å². The van der Waals surface area contributed by atoms with Crippen molar-refractivity contribution >= 4 is 17.3 Å². The summed E-state index contributed by atoms with van der Waals surface area (Å²) in [6.45, 7) is 10.6. The summed E-state index contributed by atoms with van der Waals surface area (Å²) in [7, 11) is 0. The molecule has 2 fully saturated rings. The molecule has 3 atom stereocenters. The van der Waals surface area contributed by atoms with Crippen LogP contribution in [0.1, 0.15) is 50.9 Å². The number of carbonyl (C=O) groups excluding carboxylic acids is 1. The van der Waals surface area contributed by atoms with Gasteiger partial charge in [-0.1, -0.05) is 20.8 Å². The first-order valence-corrected chi connectivity index (χ1v) is 8.74. The molecule has 1 aromatic heterocycles. The van der Waals surface area contributed by atoms with Crippen LogP contribution in [0.2, 0.25) is 0 Å². The van der Waals surface area contributed by atoms with Crippen LogP contribution >= 0.6 is 11.3 Å². The summed E-state index contributed by atoms with van der Waals surface area (Å²) < 4.78 is 11.2. The average Bonchev–Trinajstić information content (AvgIpc) is 3.05. The van der Waals surface area contributed by atoms with E-state index in [1.807, 2.05) is 6.92 Å². The molecule has 3 rings (SSSR count). The number of hydrogen-bond acceptors (Lipinski definition) is 6. The molecule has 0 saturated carbocycles. The van der Waals surface area contributed by atoms with Crippen molar-refractivity contribution in [2.75, 3.05) is 19.7 Å². The van der Waals surface area contributed by atoms with Crippen molar-refractivity contribution in [2.24, 2.45) is 0 Å². The predicted molar refractivity (Wildman–Crippen MR) is 85.0 cm³/mol. The van der Waals surface area contributed by atoms with E-state index in [1.165, 1.54) is 0 Å². The minimum absolute atomic E-state index is 0.0196. The summed E-state index contributed by atoms with van der Waals surface area (Å²) in [5.74, 6) is -0.0948. The van der Waals surface area contributed by atoms with Gasteiger partial charge in [0, 0.05) is 30.3 Å². The van der Waals surface area contributed by atoms with Crippen molar-refractivity contribution in [3.63, 3.8) is 0 Å². The third kappa shape index (κ3) is 3.19. The van der Waals surface area contributed by atoms with Crippen LogP contribution in [0.15, 0.2) is 5.38 Å². The first kappa shape index (κ1) is 15.9. The van der Waals surface area contributed by atoms with Gasteiger partial charge >= 0.3 is 5.97 Å². The number of ether oxygens (including phenoxy) is 2. The molecule has 122 valence electrons. The van der Waals surface area contributed by atoms with Gasteiger partial charge in [0.25, 0.3) is 0 Å². The Morgan fingerprint density at radius 2 is 2.18 bits per heavy atom. The fourth-order valence-electron chi connectivity index (χ4n) is 2.92. The zero-order valence-electron chi connectivity index (χ0n) is 13.7. The van der Waals surface area contributed by atoms with E-state index >= 15 is 0 Å². The molecule has 2 saturated heterocycles. The van der Waals surface area contributed by atoms with Crippen molar-refractivity contribution < 1.29 is 14.3 Å². The fourth-order valence-corrected chi connectivity index (χ4v) is 4.00. The molecule has 0 radical (unpaired) electrons. The molecule has 5 nitrogen and oxygen atoms in total. The zero-order valence-corrected chi connectivity index (χ0v) is 14.5. The van der Waals surface area contributed by atoms with Crippen molar-refractivity contribution in [1.82, 2.24) is 9.88 Å². The summed E-state index contributed by atoms with van der Waals surface area (Å²) in [6, 6.07) is -0.122. The molecule has 0 unspecified atom stereocenters. The number of carbonyl (C=O) groups is 1. The highest BCUT2D eigenvalue weighted by Crippen LogP contribution is 2.32. The van der Waals surface area contributed by atoms with Crippen LogP contribution in [0.4, 0.5) is 0 Å². The van der Waals surface area contributed by atoms with E-state index in [4.69, 9.17) is 14.5 Å². The van der Waals surface area contributed by atoms with E-state index < -0.39 is 0 Å². The molecule has 0 bridgehead atoms. The van der Waals surface area contributed by atoms with Gasteiger partial charge < -0.3 is 9.47 Å². The topological polar surface area (TPSA) is 51.7 Å².